The van der Waals surface area contributed by atoms with Gasteiger partial charge in [-0.2, -0.15) is 5.26 Å². The summed E-state index contributed by atoms with van der Waals surface area (Å²) in [7, 11) is 0. The second-order valence-corrected chi connectivity index (χ2v) is 5.94. The summed E-state index contributed by atoms with van der Waals surface area (Å²) in [6, 6.07) is 7.18. The summed E-state index contributed by atoms with van der Waals surface area (Å²) in [5, 5.41) is 12.1. The minimum absolute atomic E-state index is 0.151. The van der Waals surface area contributed by atoms with Crippen molar-refractivity contribution >= 4 is 11.6 Å². The predicted molar refractivity (Wildman–Crippen MR) is 88.3 cm³/mol. The van der Waals surface area contributed by atoms with Gasteiger partial charge in [0.1, 0.15) is 17.4 Å². The number of ether oxygens (including phenoxy) is 2. The molecule has 1 aromatic carbocycles. The SMILES string of the molecule is CCCO[C@@](C)(C(=O)Nc1ccc(OCC)c(C#N)c1)C1CC1. The Balaban J connectivity index is 2.14. The first kappa shape index (κ1) is 17.3. The normalized spacial score (nSPS) is 16.3. The molecule has 1 aliphatic rings. The van der Waals surface area contributed by atoms with Crippen LogP contribution in [0.1, 0.15) is 45.6 Å². The maximum atomic E-state index is 12.7. The molecule has 1 fully saturated rings. The van der Waals surface area contributed by atoms with Gasteiger partial charge in [0.25, 0.3) is 5.91 Å². The molecular weight excluding hydrogens is 292 g/mol. The van der Waals surface area contributed by atoms with Crippen LogP contribution in [0.3, 0.4) is 0 Å². The Hall–Kier alpha value is -2.06. The van der Waals surface area contributed by atoms with Gasteiger partial charge in [0.15, 0.2) is 0 Å². The van der Waals surface area contributed by atoms with E-state index in [0.29, 0.717) is 30.2 Å². The monoisotopic (exact) mass is 316 g/mol. The number of nitrogens with zero attached hydrogens (tertiary/aromatic N) is 1. The van der Waals surface area contributed by atoms with Crippen molar-refractivity contribution in [3.05, 3.63) is 23.8 Å². The van der Waals surface area contributed by atoms with Gasteiger partial charge in [-0.1, -0.05) is 6.92 Å². The van der Waals surface area contributed by atoms with Gasteiger partial charge < -0.3 is 14.8 Å². The van der Waals surface area contributed by atoms with Crippen LogP contribution in [0.5, 0.6) is 5.75 Å². The molecule has 1 aromatic rings. The highest BCUT2D eigenvalue weighted by Crippen LogP contribution is 2.42. The molecule has 1 aliphatic carbocycles. The van der Waals surface area contributed by atoms with Gasteiger partial charge in [-0.15, -0.1) is 0 Å². The summed E-state index contributed by atoms with van der Waals surface area (Å²) in [6.07, 6.45) is 2.90. The Labute approximate surface area is 137 Å². The lowest BCUT2D eigenvalue weighted by atomic mass is 9.98. The largest absolute Gasteiger partial charge is 0.492 e. The molecule has 124 valence electrons. The molecule has 1 N–H and O–H groups in total. The fraction of sp³-hybridized carbons (Fsp3) is 0.556. The highest BCUT2D eigenvalue weighted by Gasteiger charge is 2.48. The molecule has 1 atom stereocenters. The number of amides is 1. The Morgan fingerprint density at radius 2 is 2.17 bits per heavy atom. The number of hydrogen-bond donors (Lipinski definition) is 1. The van der Waals surface area contributed by atoms with Gasteiger partial charge in [-0.3, -0.25) is 4.79 Å². The average Bonchev–Trinajstić information content (AvgIpc) is 3.39. The van der Waals surface area contributed by atoms with Crippen molar-refractivity contribution in [2.45, 2.75) is 45.6 Å². The number of rotatable bonds is 8. The number of carbonyl (C=O) groups is 1. The number of anilines is 1. The minimum Gasteiger partial charge on any atom is -0.492 e. The van der Waals surface area contributed by atoms with Crippen molar-refractivity contribution in [3.8, 4) is 11.8 Å². The van der Waals surface area contributed by atoms with E-state index in [1.54, 1.807) is 18.2 Å². The second-order valence-electron chi connectivity index (χ2n) is 5.94. The Morgan fingerprint density at radius 3 is 2.74 bits per heavy atom. The fourth-order valence-electron chi connectivity index (χ4n) is 2.55. The minimum atomic E-state index is -0.804. The number of nitriles is 1. The second kappa shape index (κ2) is 7.47. The van der Waals surface area contributed by atoms with Crippen molar-refractivity contribution in [2.75, 3.05) is 18.5 Å². The molecule has 0 bridgehead atoms. The quantitative estimate of drug-likeness (QED) is 0.797. The van der Waals surface area contributed by atoms with Crippen LogP contribution in [0.25, 0.3) is 0 Å². The zero-order valence-electron chi connectivity index (χ0n) is 14.0. The lowest BCUT2D eigenvalue weighted by molar-refractivity contribution is -0.142. The molecule has 0 saturated heterocycles. The third-order valence-electron chi connectivity index (χ3n) is 4.07. The number of hydrogen-bond acceptors (Lipinski definition) is 4. The molecule has 23 heavy (non-hydrogen) atoms. The molecule has 1 saturated carbocycles. The number of carbonyl (C=O) groups excluding carboxylic acids is 1. The topological polar surface area (TPSA) is 71.3 Å². The lowest BCUT2D eigenvalue weighted by Crippen LogP contribution is -2.45. The van der Waals surface area contributed by atoms with Gasteiger partial charge in [0, 0.05) is 12.3 Å². The van der Waals surface area contributed by atoms with Gasteiger partial charge in [-0.05, 0) is 57.2 Å². The summed E-state index contributed by atoms with van der Waals surface area (Å²) in [6.45, 7) is 6.80. The molecule has 0 aliphatic heterocycles. The molecule has 2 rings (SSSR count). The van der Waals surface area contributed by atoms with Crippen molar-refractivity contribution in [3.63, 3.8) is 0 Å². The van der Waals surface area contributed by atoms with Crippen molar-refractivity contribution < 1.29 is 14.3 Å². The van der Waals surface area contributed by atoms with Gasteiger partial charge in [-0.25, -0.2) is 0 Å². The van der Waals surface area contributed by atoms with Gasteiger partial charge in [0.2, 0.25) is 0 Å². The molecule has 0 unspecified atom stereocenters. The van der Waals surface area contributed by atoms with E-state index in [0.717, 1.165) is 19.3 Å². The van der Waals surface area contributed by atoms with E-state index in [9.17, 15) is 10.1 Å². The van der Waals surface area contributed by atoms with E-state index in [4.69, 9.17) is 9.47 Å². The Kier molecular flexibility index (Phi) is 5.62. The van der Waals surface area contributed by atoms with Gasteiger partial charge >= 0.3 is 0 Å². The molecule has 0 heterocycles. The molecule has 0 spiro atoms. The molecule has 5 nitrogen and oxygen atoms in total. The van der Waals surface area contributed by atoms with E-state index >= 15 is 0 Å². The lowest BCUT2D eigenvalue weighted by Gasteiger charge is -2.28. The van der Waals surface area contributed by atoms with Crippen LogP contribution in [0, 0.1) is 17.2 Å². The third-order valence-corrected chi connectivity index (χ3v) is 4.07. The first-order valence-corrected chi connectivity index (χ1v) is 8.17. The highest BCUT2D eigenvalue weighted by atomic mass is 16.5. The van der Waals surface area contributed by atoms with Crippen LogP contribution in [0.15, 0.2) is 18.2 Å². The van der Waals surface area contributed by atoms with Crippen molar-refractivity contribution in [2.24, 2.45) is 5.92 Å². The van der Waals surface area contributed by atoms with Crippen LogP contribution in [-0.2, 0) is 9.53 Å². The third kappa shape index (κ3) is 4.02. The van der Waals surface area contributed by atoms with E-state index in [-0.39, 0.29) is 11.8 Å². The van der Waals surface area contributed by atoms with Crippen molar-refractivity contribution in [1.29, 1.82) is 5.26 Å². The summed E-state index contributed by atoms with van der Waals surface area (Å²) in [5.74, 6) is 0.647. The van der Waals surface area contributed by atoms with Gasteiger partial charge in [0.05, 0.1) is 12.2 Å². The van der Waals surface area contributed by atoms with E-state index < -0.39 is 5.60 Å². The van der Waals surface area contributed by atoms with Crippen LogP contribution in [0.4, 0.5) is 5.69 Å². The maximum absolute atomic E-state index is 12.7. The summed E-state index contributed by atoms with van der Waals surface area (Å²) < 4.78 is 11.3. The smallest absolute Gasteiger partial charge is 0.256 e. The fourth-order valence-corrected chi connectivity index (χ4v) is 2.55. The first-order valence-electron chi connectivity index (χ1n) is 8.17. The zero-order valence-corrected chi connectivity index (χ0v) is 14.0. The molecule has 0 aromatic heterocycles. The van der Waals surface area contributed by atoms with Crippen LogP contribution in [-0.4, -0.2) is 24.7 Å². The van der Waals surface area contributed by atoms with E-state index in [2.05, 4.69) is 11.4 Å². The zero-order chi connectivity index (χ0) is 16.9. The molecular formula is C18H24N2O3. The predicted octanol–water partition coefficient (Wildman–Crippen LogP) is 3.49. The molecule has 1 amide bonds. The maximum Gasteiger partial charge on any atom is 0.256 e. The number of benzene rings is 1. The average molecular weight is 316 g/mol. The molecule has 0 radical (unpaired) electrons. The van der Waals surface area contributed by atoms with E-state index in [1.807, 2.05) is 20.8 Å². The Morgan fingerprint density at radius 1 is 1.43 bits per heavy atom. The summed E-state index contributed by atoms with van der Waals surface area (Å²) >= 11 is 0. The first-order chi connectivity index (χ1) is 11.0. The highest BCUT2D eigenvalue weighted by molar-refractivity contribution is 5.97. The Bertz CT molecular complexity index is 605. The van der Waals surface area contributed by atoms with E-state index in [1.165, 1.54) is 0 Å². The molecule has 5 heteroatoms. The summed E-state index contributed by atoms with van der Waals surface area (Å²) in [4.78, 5) is 12.7. The number of nitrogens with one attached hydrogen (secondary N) is 1. The van der Waals surface area contributed by atoms with Crippen molar-refractivity contribution in [1.82, 2.24) is 0 Å². The van der Waals surface area contributed by atoms with Crippen LogP contribution in [0.2, 0.25) is 0 Å². The summed E-state index contributed by atoms with van der Waals surface area (Å²) in [5.41, 5.74) is 0.190. The van der Waals surface area contributed by atoms with Crippen LogP contribution < -0.4 is 10.1 Å². The standard InChI is InChI=1S/C18H24N2O3/c1-4-10-23-18(3,14-6-7-14)17(21)20-15-8-9-16(22-5-2)13(11-15)12-19/h8-9,11,14H,4-7,10H2,1-3H3,(H,20,21)/t18-/m1/s1. The van der Waals surface area contributed by atoms with Crippen LogP contribution >= 0.6 is 0 Å².